The van der Waals surface area contributed by atoms with Gasteiger partial charge in [-0.2, -0.15) is 0 Å². The Balaban J connectivity index is 1.50. The van der Waals surface area contributed by atoms with Crippen molar-refractivity contribution < 1.29 is 23.9 Å². The summed E-state index contributed by atoms with van der Waals surface area (Å²) in [5.41, 5.74) is 1.81. The highest BCUT2D eigenvalue weighted by Crippen LogP contribution is 2.25. The van der Waals surface area contributed by atoms with E-state index in [2.05, 4.69) is 10.6 Å². The number of aliphatic hydroxyl groups is 1. The third kappa shape index (κ3) is 5.03. The molecule has 1 saturated heterocycles. The van der Waals surface area contributed by atoms with E-state index in [9.17, 15) is 19.5 Å². The normalized spacial score (nSPS) is 14.7. The van der Waals surface area contributed by atoms with Crippen molar-refractivity contribution in [2.24, 2.45) is 0 Å². The van der Waals surface area contributed by atoms with E-state index in [1.54, 1.807) is 49.1 Å². The predicted molar refractivity (Wildman–Crippen MR) is 107 cm³/mol. The van der Waals surface area contributed by atoms with Gasteiger partial charge in [-0.05, 0) is 51.0 Å². The first-order valence-corrected chi connectivity index (χ1v) is 9.60. The Labute approximate surface area is 168 Å². The van der Waals surface area contributed by atoms with Crippen molar-refractivity contribution >= 4 is 29.1 Å². The molecule has 1 fully saturated rings. The van der Waals surface area contributed by atoms with E-state index in [0.29, 0.717) is 41.4 Å². The lowest BCUT2D eigenvalue weighted by molar-refractivity contribution is -0.136. The van der Waals surface area contributed by atoms with Crippen LogP contribution < -0.4 is 15.5 Å². The van der Waals surface area contributed by atoms with Gasteiger partial charge in [0.2, 0.25) is 5.91 Å². The minimum absolute atomic E-state index is 0.0489. The van der Waals surface area contributed by atoms with Gasteiger partial charge in [0.25, 0.3) is 0 Å². The molecule has 3 rings (SSSR count). The van der Waals surface area contributed by atoms with Crippen molar-refractivity contribution in [3.05, 3.63) is 47.4 Å². The summed E-state index contributed by atoms with van der Waals surface area (Å²) >= 11 is 0. The predicted octanol–water partition coefficient (Wildman–Crippen LogP) is 2.20. The summed E-state index contributed by atoms with van der Waals surface area (Å²) in [6.07, 6.45) is 0.793. The number of nitrogens with one attached hydrogen (secondary N) is 2. The molecule has 3 amide bonds. The Morgan fingerprint density at radius 1 is 1.24 bits per heavy atom. The Kier molecular flexibility index (Phi) is 6.33. The minimum atomic E-state index is -0.806. The van der Waals surface area contributed by atoms with Gasteiger partial charge in [0, 0.05) is 36.4 Å². The zero-order chi connectivity index (χ0) is 21.0. The van der Waals surface area contributed by atoms with Crippen molar-refractivity contribution in [1.82, 2.24) is 5.32 Å². The Morgan fingerprint density at radius 3 is 2.69 bits per heavy atom. The fourth-order valence-electron chi connectivity index (χ4n) is 3.40. The fraction of sp³-hybridized carbons (Fsp3) is 0.381. The highest BCUT2D eigenvalue weighted by Gasteiger charge is 2.22. The van der Waals surface area contributed by atoms with Gasteiger partial charge in [0.05, 0.1) is 6.10 Å². The summed E-state index contributed by atoms with van der Waals surface area (Å²) in [6.45, 7) is 4.35. The molecule has 1 aromatic heterocycles. The largest absolute Gasteiger partial charge is 0.466 e. The van der Waals surface area contributed by atoms with Crippen LogP contribution in [0.5, 0.6) is 0 Å². The quantitative estimate of drug-likeness (QED) is 0.645. The summed E-state index contributed by atoms with van der Waals surface area (Å²) in [5, 5.41) is 15.2. The Morgan fingerprint density at radius 2 is 2.03 bits per heavy atom. The third-order valence-electron chi connectivity index (χ3n) is 4.84. The van der Waals surface area contributed by atoms with Crippen LogP contribution in [0.25, 0.3) is 0 Å². The molecule has 3 N–H and O–H groups in total. The number of amides is 3. The van der Waals surface area contributed by atoms with Crippen LogP contribution in [0, 0.1) is 13.8 Å². The van der Waals surface area contributed by atoms with Gasteiger partial charge in [-0.25, -0.2) is 0 Å². The maximum atomic E-state index is 12.1. The van der Waals surface area contributed by atoms with Gasteiger partial charge in [0.15, 0.2) is 0 Å². The second-order valence-electron chi connectivity index (χ2n) is 7.08. The summed E-state index contributed by atoms with van der Waals surface area (Å²) in [6, 6.07) is 8.59. The minimum Gasteiger partial charge on any atom is -0.466 e. The molecule has 0 saturated carbocycles. The SMILES string of the molecule is Cc1cc(C(O)CCNC(=O)C(=O)Nc2cccc(N3CCCC3=O)c2)c(C)o1. The molecule has 0 spiro atoms. The van der Waals surface area contributed by atoms with Gasteiger partial charge in [-0.15, -0.1) is 0 Å². The molecule has 1 unspecified atom stereocenters. The van der Waals surface area contributed by atoms with E-state index in [1.165, 1.54) is 0 Å². The standard InChI is InChI=1S/C21H25N3O5/c1-13-11-17(14(2)29-13)18(25)8-9-22-20(27)21(28)23-15-5-3-6-16(12-15)24-10-4-7-19(24)26/h3,5-6,11-12,18,25H,4,7-10H2,1-2H3,(H,22,27)(H,23,28). The van der Waals surface area contributed by atoms with Crippen LogP contribution in [0.15, 0.2) is 34.7 Å². The molecule has 154 valence electrons. The summed E-state index contributed by atoms with van der Waals surface area (Å²) in [4.78, 5) is 37.7. The van der Waals surface area contributed by atoms with Gasteiger partial charge >= 0.3 is 11.8 Å². The van der Waals surface area contributed by atoms with E-state index < -0.39 is 17.9 Å². The van der Waals surface area contributed by atoms with E-state index >= 15 is 0 Å². The number of furan rings is 1. The fourth-order valence-corrected chi connectivity index (χ4v) is 3.40. The van der Waals surface area contributed by atoms with E-state index in [-0.39, 0.29) is 18.9 Å². The Hall–Kier alpha value is -3.13. The number of rotatable bonds is 6. The molecular weight excluding hydrogens is 374 g/mol. The zero-order valence-electron chi connectivity index (χ0n) is 16.5. The number of hydrogen-bond donors (Lipinski definition) is 3. The molecular formula is C21H25N3O5. The van der Waals surface area contributed by atoms with Crippen molar-refractivity contribution in [3.63, 3.8) is 0 Å². The molecule has 1 aliphatic heterocycles. The van der Waals surface area contributed by atoms with E-state index in [4.69, 9.17) is 4.42 Å². The molecule has 0 bridgehead atoms. The molecule has 8 heteroatoms. The number of carbonyl (C=O) groups is 3. The molecule has 0 radical (unpaired) electrons. The van der Waals surface area contributed by atoms with E-state index in [1.807, 2.05) is 0 Å². The lowest BCUT2D eigenvalue weighted by Crippen LogP contribution is -2.36. The molecule has 1 aliphatic rings. The number of nitrogens with zero attached hydrogens (tertiary/aromatic N) is 1. The van der Waals surface area contributed by atoms with Crippen molar-refractivity contribution in [1.29, 1.82) is 0 Å². The van der Waals surface area contributed by atoms with Crippen LogP contribution >= 0.6 is 0 Å². The van der Waals surface area contributed by atoms with Gasteiger partial charge < -0.3 is 25.1 Å². The molecule has 2 heterocycles. The first kappa shape index (κ1) is 20.6. The van der Waals surface area contributed by atoms with Crippen LogP contribution in [0.4, 0.5) is 11.4 Å². The number of aryl methyl sites for hydroxylation is 2. The smallest absolute Gasteiger partial charge is 0.313 e. The number of hydrogen-bond acceptors (Lipinski definition) is 5. The van der Waals surface area contributed by atoms with Crippen LogP contribution in [-0.2, 0) is 14.4 Å². The average Bonchev–Trinajstić information content (AvgIpc) is 3.26. The molecule has 0 aliphatic carbocycles. The lowest BCUT2D eigenvalue weighted by Gasteiger charge is -2.16. The Bertz CT molecular complexity index is 921. The molecule has 2 aromatic rings. The highest BCUT2D eigenvalue weighted by atomic mass is 16.3. The number of anilines is 2. The number of aliphatic hydroxyl groups excluding tert-OH is 1. The van der Waals surface area contributed by atoms with Gasteiger partial charge in [-0.1, -0.05) is 6.07 Å². The van der Waals surface area contributed by atoms with Crippen LogP contribution in [-0.4, -0.2) is 35.9 Å². The van der Waals surface area contributed by atoms with Gasteiger partial charge in [0.1, 0.15) is 11.5 Å². The topological polar surface area (TPSA) is 112 Å². The molecule has 29 heavy (non-hydrogen) atoms. The number of carbonyl (C=O) groups excluding carboxylic acids is 3. The summed E-state index contributed by atoms with van der Waals surface area (Å²) in [5.74, 6) is -0.208. The second-order valence-corrected chi connectivity index (χ2v) is 7.08. The van der Waals surface area contributed by atoms with Crippen molar-refractivity contribution in [3.8, 4) is 0 Å². The first-order chi connectivity index (χ1) is 13.8. The van der Waals surface area contributed by atoms with Gasteiger partial charge in [-0.3, -0.25) is 14.4 Å². The maximum absolute atomic E-state index is 12.1. The number of benzene rings is 1. The van der Waals surface area contributed by atoms with E-state index in [0.717, 1.165) is 6.42 Å². The average molecular weight is 399 g/mol. The van der Waals surface area contributed by atoms with Crippen molar-refractivity contribution in [2.75, 3.05) is 23.3 Å². The summed E-state index contributed by atoms with van der Waals surface area (Å²) in [7, 11) is 0. The first-order valence-electron chi connectivity index (χ1n) is 9.60. The van der Waals surface area contributed by atoms with Crippen molar-refractivity contribution in [2.45, 2.75) is 39.2 Å². The maximum Gasteiger partial charge on any atom is 0.313 e. The molecule has 8 nitrogen and oxygen atoms in total. The molecule has 1 atom stereocenters. The lowest BCUT2D eigenvalue weighted by atomic mass is 10.1. The van der Waals surface area contributed by atoms with Crippen LogP contribution in [0.3, 0.4) is 0 Å². The van der Waals surface area contributed by atoms with Crippen LogP contribution in [0.2, 0.25) is 0 Å². The monoisotopic (exact) mass is 399 g/mol. The highest BCUT2D eigenvalue weighted by molar-refractivity contribution is 6.39. The molecule has 1 aromatic carbocycles. The van der Waals surface area contributed by atoms with Crippen LogP contribution in [0.1, 0.15) is 42.5 Å². The second kappa shape index (κ2) is 8.91. The zero-order valence-corrected chi connectivity index (χ0v) is 16.5. The summed E-state index contributed by atoms with van der Waals surface area (Å²) < 4.78 is 5.38. The third-order valence-corrected chi connectivity index (χ3v) is 4.84.